The van der Waals surface area contributed by atoms with E-state index in [1.807, 2.05) is 51.2 Å². The Hall–Kier alpha value is -2.46. The molecule has 2 heterocycles. The van der Waals surface area contributed by atoms with E-state index in [-0.39, 0.29) is 46.4 Å². The first-order chi connectivity index (χ1) is 17.0. The summed E-state index contributed by atoms with van der Waals surface area (Å²) in [6.07, 6.45) is -0.392. The summed E-state index contributed by atoms with van der Waals surface area (Å²) in [6, 6.07) is 13.9. The van der Waals surface area contributed by atoms with E-state index in [1.54, 1.807) is 6.92 Å². The summed E-state index contributed by atoms with van der Waals surface area (Å²) < 4.78 is 23.5. The average Bonchev–Trinajstić information content (AvgIpc) is 2.84. The number of carboxylic acid groups (broad SMARTS) is 1. The van der Waals surface area contributed by atoms with E-state index in [1.165, 1.54) is 4.90 Å². The Morgan fingerprint density at radius 1 is 1.08 bits per heavy atom. The van der Waals surface area contributed by atoms with Crippen molar-refractivity contribution in [3.8, 4) is 11.1 Å². The van der Waals surface area contributed by atoms with Crippen LogP contribution in [0.4, 0.5) is 10.5 Å². The second-order valence-electron chi connectivity index (χ2n) is 10.2. The second kappa shape index (κ2) is 11.1. The standard InChI is InChI=1S/C27H35N3O5S.ClH/c1-5-29(27(32)33)25-16-19(2)30(4,20(3)31)26-11-10-23(17-24(25)26)22-8-6-21(7-9-22)18-28-12-14-36(34,35)15-13-28;/h6-11,17,19,25H,5,12-16,18H2,1-4H3;1H/p+1/t19-,25?,30+;/m0./s1. The maximum absolute atomic E-state index is 12.8. The minimum atomic E-state index is -2.90. The zero-order chi connectivity index (χ0) is 26.3. The molecule has 4 rings (SSSR count). The van der Waals surface area contributed by atoms with Crippen LogP contribution in [0.2, 0.25) is 0 Å². The van der Waals surface area contributed by atoms with Gasteiger partial charge >= 0.3 is 12.0 Å². The number of hydrogen-bond donors (Lipinski definition) is 1. The molecule has 2 aliphatic heterocycles. The molecule has 2 aromatic rings. The van der Waals surface area contributed by atoms with E-state index < -0.39 is 15.9 Å². The fraction of sp³-hybridized carbons (Fsp3) is 0.481. The molecular weight excluding hydrogens is 514 g/mol. The molecule has 0 spiro atoms. The van der Waals surface area contributed by atoms with Gasteiger partial charge in [0.25, 0.3) is 0 Å². The van der Waals surface area contributed by atoms with Crippen LogP contribution in [-0.2, 0) is 21.2 Å². The van der Waals surface area contributed by atoms with Crippen molar-refractivity contribution in [2.24, 2.45) is 0 Å². The van der Waals surface area contributed by atoms with E-state index in [4.69, 9.17) is 0 Å². The van der Waals surface area contributed by atoms with Gasteiger partial charge in [0.05, 0.1) is 37.6 Å². The predicted octanol–water partition coefficient (Wildman–Crippen LogP) is 4.32. The van der Waals surface area contributed by atoms with Crippen LogP contribution in [0.25, 0.3) is 11.1 Å². The molecule has 2 aliphatic rings. The highest BCUT2D eigenvalue weighted by molar-refractivity contribution is 7.91. The fourth-order valence-corrected chi connectivity index (χ4v) is 6.83. The Kier molecular flexibility index (Phi) is 8.74. The number of quaternary nitrogens is 1. The summed E-state index contributed by atoms with van der Waals surface area (Å²) in [5.41, 5.74) is 4.83. The zero-order valence-corrected chi connectivity index (χ0v) is 23.5. The number of nitrogens with zero attached hydrogens (tertiary/aromatic N) is 3. The van der Waals surface area contributed by atoms with Crippen LogP contribution in [-0.4, -0.2) is 79.6 Å². The van der Waals surface area contributed by atoms with Gasteiger partial charge in [-0.15, -0.1) is 12.4 Å². The molecule has 1 saturated heterocycles. The Morgan fingerprint density at radius 3 is 2.22 bits per heavy atom. The molecule has 202 valence electrons. The zero-order valence-electron chi connectivity index (χ0n) is 21.9. The summed E-state index contributed by atoms with van der Waals surface area (Å²) >= 11 is 0. The highest BCUT2D eigenvalue weighted by Crippen LogP contribution is 2.45. The lowest BCUT2D eigenvalue weighted by molar-refractivity contribution is -0.129. The molecule has 1 N–H and O–H groups in total. The summed E-state index contributed by atoms with van der Waals surface area (Å²) in [5, 5.41) is 9.87. The van der Waals surface area contributed by atoms with Crippen LogP contribution in [0.15, 0.2) is 42.5 Å². The molecule has 0 aromatic heterocycles. The Bertz CT molecular complexity index is 1250. The van der Waals surface area contributed by atoms with Gasteiger partial charge in [-0.05, 0) is 42.7 Å². The van der Waals surface area contributed by atoms with Crippen LogP contribution in [0.3, 0.4) is 0 Å². The first-order valence-corrected chi connectivity index (χ1v) is 14.3. The summed E-state index contributed by atoms with van der Waals surface area (Å²) in [4.78, 5) is 28.4. The van der Waals surface area contributed by atoms with E-state index in [2.05, 4.69) is 17.0 Å². The van der Waals surface area contributed by atoms with Crippen molar-refractivity contribution >= 4 is 39.9 Å². The first kappa shape index (κ1) is 29.1. The Morgan fingerprint density at radius 2 is 1.68 bits per heavy atom. The fourth-order valence-electron chi connectivity index (χ4n) is 5.56. The topological polar surface area (TPSA) is 95.0 Å². The molecule has 37 heavy (non-hydrogen) atoms. The maximum Gasteiger partial charge on any atom is 0.407 e. The number of hydrogen-bond acceptors (Lipinski definition) is 5. The average molecular weight is 551 g/mol. The summed E-state index contributed by atoms with van der Waals surface area (Å²) in [6.45, 7) is 7.63. The molecular formula is C27H37ClN3O5S+. The molecule has 10 heteroatoms. The van der Waals surface area contributed by atoms with Gasteiger partial charge < -0.3 is 10.0 Å². The van der Waals surface area contributed by atoms with Gasteiger partial charge in [-0.2, -0.15) is 0 Å². The molecule has 0 saturated carbocycles. The second-order valence-corrected chi connectivity index (χ2v) is 12.5. The van der Waals surface area contributed by atoms with Crippen molar-refractivity contribution in [1.82, 2.24) is 14.3 Å². The van der Waals surface area contributed by atoms with Gasteiger partial charge in [0.1, 0.15) is 5.69 Å². The highest BCUT2D eigenvalue weighted by Gasteiger charge is 2.47. The predicted molar refractivity (Wildman–Crippen MR) is 149 cm³/mol. The quantitative estimate of drug-likeness (QED) is 0.557. The molecule has 1 fully saturated rings. The molecule has 0 bridgehead atoms. The number of halogens is 1. The van der Waals surface area contributed by atoms with Crippen molar-refractivity contribution in [1.29, 1.82) is 0 Å². The normalized spacial score (nSPS) is 25.0. The number of carbonyl (C=O) groups is 2. The number of sulfone groups is 1. The monoisotopic (exact) mass is 550 g/mol. The lowest BCUT2D eigenvalue weighted by atomic mass is 9.86. The van der Waals surface area contributed by atoms with Gasteiger partial charge in [0, 0.05) is 44.2 Å². The minimum Gasteiger partial charge on any atom is -0.465 e. The maximum atomic E-state index is 12.8. The van der Waals surface area contributed by atoms with E-state index in [9.17, 15) is 23.1 Å². The lowest BCUT2D eigenvalue weighted by Crippen LogP contribution is -2.60. The van der Waals surface area contributed by atoms with Gasteiger partial charge in [0.2, 0.25) is 0 Å². The third-order valence-corrected chi connectivity index (χ3v) is 9.69. The Balaban J connectivity index is 0.00000380. The van der Waals surface area contributed by atoms with Crippen LogP contribution in [0.1, 0.15) is 44.4 Å². The number of fused-ring (bicyclic) bond motifs is 1. The molecule has 0 aliphatic carbocycles. The highest BCUT2D eigenvalue weighted by atomic mass is 35.5. The van der Waals surface area contributed by atoms with Crippen molar-refractivity contribution in [2.45, 2.75) is 45.8 Å². The van der Waals surface area contributed by atoms with Crippen LogP contribution in [0, 0.1) is 0 Å². The molecule has 8 nitrogen and oxygen atoms in total. The first-order valence-electron chi connectivity index (χ1n) is 12.5. The van der Waals surface area contributed by atoms with E-state index in [0.29, 0.717) is 32.6 Å². The van der Waals surface area contributed by atoms with Crippen LogP contribution < -0.4 is 4.48 Å². The van der Waals surface area contributed by atoms with E-state index in [0.717, 1.165) is 27.9 Å². The van der Waals surface area contributed by atoms with Crippen LogP contribution >= 0.6 is 12.4 Å². The third-order valence-electron chi connectivity index (χ3n) is 8.08. The summed E-state index contributed by atoms with van der Waals surface area (Å²) in [7, 11) is -0.982. The van der Waals surface area contributed by atoms with Crippen molar-refractivity contribution in [3.05, 3.63) is 53.6 Å². The molecule has 3 atom stereocenters. The number of amides is 2. The van der Waals surface area contributed by atoms with E-state index >= 15 is 0 Å². The smallest absolute Gasteiger partial charge is 0.407 e. The summed E-state index contributed by atoms with van der Waals surface area (Å²) in [5.74, 6) is 0.453. The lowest BCUT2D eigenvalue weighted by Gasteiger charge is -2.45. The molecule has 0 radical (unpaired) electrons. The van der Waals surface area contributed by atoms with Crippen molar-refractivity contribution in [3.63, 3.8) is 0 Å². The Labute approximate surface area is 225 Å². The van der Waals surface area contributed by atoms with Crippen molar-refractivity contribution in [2.75, 3.05) is 38.2 Å². The van der Waals surface area contributed by atoms with Crippen LogP contribution in [0.5, 0.6) is 0 Å². The SMILES string of the molecule is CCN(C(=O)O)C1C[C@H](C)[N@+](C)(C(C)=O)c2ccc(-c3ccc(CN4CCS(=O)(=O)CC4)cc3)cc21.Cl. The number of benzene rings is 2. The largest absolute Gasteiger partial charge is 0.465 e. The number of carbonyl (C=O) groups excluding carboxylic acids is 1. The number of rotatable bonds is 5. The molecule has 2 aromatic carbocycles. The van der Waals surface area contributed by atoms with Crippen molar-refractivity contribution < 1.29 is 23.1 Å². The minimum absolute atomic E-state index is 0. The van der Waals surface area contributed by atoms with Gasteiger partial charge in [-0.25, -0.2) is 22.5 Å². The van der Waals surface area contributed by atoms with Gasteiger partial charge in [-0.3, -0.25) is 4.90 Å². The van der Waals surface area contributed by atoms with Gasteiger partial charge in [0.15, 0.2) is 9.84 Å². The molecule has 2 amide bonds. The molecule has 1 unspecified atom stereocenters. The van der Waals surface area contributed by atoms with Gasteiger partial charge in [-0.1, -0.05) is 24.3 Å². The third kappa shape index (κ3) is 5.70.